The Balaban J connectivity index is 1.90. The van der Waals surface area contributed by atoms with Gasteiger partial charge in [0, 0.05) is 11.7 Å². The molecule has 0 saturated carbocycles. The second kappa shape index (κ2) is 4.28. The summed E-state index contributed by atoms with van der Waals surface area (Å²) in [6, 6.07) is 6.38. The maximum absolute atomic E-state index is 11.5. The number of hydrogen-bond donors (Lipinski definition) is 2. The van der Waals surface area contributed by atoms with Gasteiger partial charge in [-0.15, -0.1) is 0 Å². The van der Waals surface area contributed by atoms with Gasteiger partial charge in [0.2, 0.25) is 5.91 Å². The molecule has 0 aromatic heterocycles. The van der Waals surface area contributed by atoms with Gasteiger partial charge in [0.25, 0.3) is 0 Å². The van der Waals surface area contributed by atoms with Crippen molar-refractivity contribution in [3.05, 3.63) is 29.3 Å². The SMILES string of the molecule is NC(=O)C1CCCN1C1CCc2cc(N)ccc21. The van der Waals surface area contributed by atoms with Crippen LogP contribution in [-0.4, -0.2) is 23.4 Å². The van der Waals surface area contributed by atoms with Gasteiger partial charge < -0.3 is 11.5 Å². The number of fused-ring (bicyclic) bond motifs is 1. The molecule has 0 bridgehead atoms. The van der Waals surface area contributed by atoms with E-state index in [1.807, 2.05) is 6.07 Å². The summed E-state index contributed by atoms with van der Waals surface area (Å²) in [7, 11) is 0. The fourth-order valence-corrected chi connectivity index (χ4v) is 3.43. The van der Waals surface area contributed by atoms with Crippen LogP contribution in [0.3, 0.4) is 0 Å². The van der Waals surface area contributed by atoms with E-state index in [-0.39, 0.29) is 11.9 Å². The summed E-state index contributed by atoms with van der Waals surface area (Å²) in [6.07, 6.45) is 4.08. The van der Waals surface area contributed by atoms with Crippen molar-refractivity contribution in [2.24, 2.45) is 5.73 Å². The normalized spacial score (nSPS) is 27.3. The van der Waals surface area contributed by atoms with Crippen LogP contribution in [0.4, 0.5) is 5.69 Å². The van der Waals surface area contributed by atoms with Crippen molar-refractivity contribution in [3.63, 3.8) is 0 Å². The van der Waals surface area contributed by atoms with Crippen molar-refractivity contribution in [1.29, 1.82) is 0 Å². The molecule has 4 nitrogen and oxygen atoms in total. The van der Waals surface area contributed by atoms with Crippen LogP contribution in [-0.2, 0) is 11.2 Å². The number of hydrogen-bond acceptors (Lipinski definition) is 3. The minimum atomic E-state index is -0.184. The van der Waals surface area contributed by atoms with Crippen LogP contribution in [0.25, 0.3) is 0 Å². The maximum atomic E-state index is 11.5. The Morgan fingerprint density at radius 3 is 2.94 bits per heavy atom. The van der Waals surface area contributed by atoms with E-state index in [1.165, 1.54) is 11.1 Å². The van der Waals surface area contributed by atoms with E-state index in [0.29, 0.717) is 6.04 Å². The third-order valence-electron chi connectivity index (χ3n) is 4.24. The quantitative estimate of drug-likeness (QED) is 0.769. The Labute approximate surface area is 107 Å². The van der Waals surface area contributed by atoms with Gasteiger partial charge in [0.15, 0.2) is 0 Å². The predicted molar refractivity (Wildman–Crippen MR) is 70.8 cm³/mol. The molecule has 1 saturated heterocycles. The van der Waals surface area contributed by atoms with E-state index < -0.39 is 0 Å². The predicted octanol–water partition coefficient (Wildman–Crippen LogP) is 1.21. The first-order valence-electron chi connectivity index (χ1n) is 6.60. The van der Waals surface area contributed by atoms with Crippen molar-refractivity contribution >= 4 is 11.6 Å². The Kier molecular flexibility index (Phi) is 2.74. The number of carbonyl (C=O) groups is 1. The molecule has 1 aromatic carbocycles. The average Bonchev–Trinajstić information content (AvgIpc) is 2.92. The molecule has 1 aliphatic carbocycles. The van der Waals surface area contributed by atoms with Crippen LogP contribution in [0.1, 0.15) is 36.4 Å². The molecule has 18 heavy (non-hydrogen) atoms. The molecule has 1 aromatic rings. The number of carbonyl (C=O) groups excluding carboxylic acids is 1. The van der Waals surface area contributed by atoms with E-state index in [1.54, 1.807) is 0 Å². The average molecular weight is 245 g/mol. The molecule has 2 unspecified atom stereocenters. The monoisotopic (exact) mass is 245 g/mol. The largest absolute Gasteiger partial charge is 0.399 e. The summed E-state index contributed by atoms with van der Waals surface area (Å²) >= 11 is 0. The van der Waals surface area contributed by atoms with Crippen LogP contribution in [0.5, 0.6) is 0 Å². The van der Waals surface area contributed by atoms with E-state index in [2.05, 4.69) is 17.0 Å². The summed E-state index contributed by atoms with van der Waals surface area (Å²) in [4.78, 5) is 13.8. The second-order valence-corrected chi connectivity index (χ2v) is 5.31. The van der Waals surface area contributed by atoms with Crippen molar-refractivity contribution in [1.82, 2.24) is 4.90 Å². The first-order valence-corrected chi connectivity index (χ1v) is 6.60. The van der Waals surface area contributed by atoms with Crippen LogP contribution < -0.4 is 11.5 Å². The molecule has 0 radical (unpaired) electrons. The van der Waals surface area contributed by atoms with Crippen LogP contribution in [0.2, 0.25) is 0 Å². The maximum Gasteiger partial charge on any atom is 0.234 e. The molecule has 96 valence electrons. The zero-order valence-electron chi connectivity index (χ0n) is 10.4. The van der Waals surface area contributed by atoms with Crippen LogP contribution >= 0.6 is 0 Å². The van der Waals surface area contributed by atoms with Crippen molar-refractivity contribution in [2.75, 3.05) is 12.3 Å². The third kappa shape index (κ3) is 1.77. The number of benzene rings is 1. The summed E-state index contributed by atoms with van der Waals surface area (Å²) in [5.41, 5.74) is 14.8. The highest BCUT2D eigenvalue weighted by Crippen LogP contribution is 2.40. The molecule has 1 aliphatic heterocycles. The molecule has 2 atom stereocenters. The summed E-state index contributed by atoms with van der Waals surface area (Å²) in [5.74, 6) is -0.184. The molecule has 3 rings (SSSR count). The van der Waals surface area contributed by atoms with Crippen molar-refractivity contribution in [3.8, 4) is 0 Å². The Morgan fingerprint density at radius 2 is 2.17 bits per heavy atom. The molecule has 1 fully saturated rings. The molecule has 0 spiro atoms. The Bertz CT molecular complexity index is 486. The number of amides is 1. The van der Waals surface area contributed by atoms with Gasteiger partial charge in [-0.3, -0.25) is 9.69 Å². The number of primary amides is 1. The number of anilines is 1. The highest BCUT2D eigenvalue weighted by Gasteiger charge is 2.37. The number of rotatable bonds is 2. The van der Waals surface area contributed by atoms with Gasteiger partial charge in [0.1, 0.15) is 0 Å². The molecular formula is C14H19N3O. The van der Waals surface area contributed by atoms with Gasteiger partial charge >= 0.3 is 0 Å². The topological polar surface area (TPSA) is 72.4 Å². The lowest BCUT2D eigenvalue weighted by molar-refractivity contribution is -0.123. The lowest BCUT2D eigenvalue weighted by Crippen LogP contribution is -2.41. The molecule has 2 aliphatic rings. The highest BCUT2D eigenvalue weighted by atomic mass is 16.1. The van der Waals surface area contributed by atoms with Crippen LogP contribution in [0.15, 0.2) is 18.2 Å². The first kappa shape index (κ1) is 11.5. The van der Waals surface area contributed by atoms with Crippen molar-refractivity contribution < 1.29 is 4.79 Å². The number of aryl methyl sites for hydroxylation is 1. The van der Waals surface area contributed by atoms with E-state index in [4.69, 9.17) is 11.5 Å². The molecule has 4 N–H and O–H groups in total. The molecule has 4 heteroatoms. The summed E-state index contributed by atoms with van der Waals surface area (Å²) < 4.78 is 0. The lowest BCUT2D eigenvalue weighted by atomic mass is 10.1. The third-order valence-corrected chi connectivity index (χ3v) is 4.24. The Morgan fingerprint density at radius 1 is 1.33 bits per heavy atom. The van der Waals surface area contributed by atoms with Gasteiger partial charge in [-0.1, -0.05) is 6.07 Å². The minimum Gasteiger partial charge on any atom is -0.399 e. The molecular weight excluding hydrogens is 226 g/mol. The van der Waals surface area contributed by atoms with Crippen molar-refractivity contribution in [2.45, 2.75) is 37.8 Å². The Hall–Kier alpha value is -1.55. The number of nitrogens with two attached hydrogens (primary N) is 2. The molecule has 1 heterocycles. The molecule has 1 amide bonds. The fraction of sp³-hybridized carbons (Fsp3) is 0.500. The van der Waals surface area contributed by atoms with E-state index in [0.717, 1.165) is 37.9 Å². The summed E-state index contributed by atoms with van der Waals surface area (Å²) in [6.45, 7) is 0.974. The van der Waals surface area contributed by atoms with Gasteiger partial charge in [-0.05, 0) is 55.5 Å². The van der Waals surface area contributed by atoms with E-state index >= 15 is 0 Å². The van der Waals surface area contributed by atoms with Crippen LogP contribution in [0, 0.1) is 0 Å². The number of nitrogen functional groups attached to an aromatic ring is 1. The minimum absolute atomic E-state index is 0.0847. The summed E-state index contributed by atoms with van der Waals surface area (Å²) in [5, 5.41) is 0. The first-order chi connectivity index (χ1) is 8.66. The number of likely N-dealkylation sites (tertiary alicyclic amines) is 1. The second-order valence-electron chi connectivity index (χ2n) is 5.31. The number of nitrogens with zero attached hydrogens (tertiary/aromatic N) is 1. The van der Waals surface area contributed by atoms with Gasteiger partial charge in [-0.25, -0.2) is 0 Å². The fourth-order valence-electron chi connectivity index (χ4n) is 3.43. The zero-order valence-corrected chi connectivity index (χ0v) is 10.4. The lowest BCUT2D eigenvalue weighted by Gasteiger charge is -2.29. The van der Waals surface area contributed by atoms with Gasteiger partial charge in [-0.2, -0.15) is 0 Å². The van der Waals surface area contributed by atoms with Gasteiger partial charge in [0.05, 0.1) is 6.04 Å². The zero-order chi connectivity index (χ0) is 12.7. The standard InChI is InChI=1S/C14H19N3O/c15-10-4-5-11-9(8-10)3-6-12(11)17-7-1-2-13(17)14(16)18/h4-5,8,12-13H,1-3,6-7,15H2,(H2,16,18). The highest BCUT2D eigenvalue weighted by molar-refractivity contribution is 5.80. The van der Waals surface area contributed by atoms with E-state index in [9.17, 15) is 4.79 Å². The smallest absolute Gasteiger partial charge is 0.234 e.